The van der Waals surface area contributed by atoms with Gasteiger partial charge in [0.1, 0.15) is 10.6 Å². The second kappa shape index (κ2) is 9.64. The van der Waals surface area contributed by atoms with Crippen LogP contribution in [0.4, 0.5) is 0 Å². The van der Waals surface area contributed by atoms with Crippen molar-refractivity contribution < 1.29 is 14.3 Å². The lowest BCUT2D eigenvalue weighted by molar-refractivity contribution is -0.144. The fourth-order valence-electron chi connectivity index (χ4n) is 3.84. The highest BCUT2D eigenvalue weighted by Gasteiger charge is 2.25. The molecule has 2 aromatic heterocycles. The van der Waals surface area contributed by atoms with Gasteiger partial charge < -0.3 is 9.47 Å². The van der Waals surface area contributed by atoms with Gasteiger partial charge in [-0.15, -0.1) is 11.3 Å². The number of hydrogen-bond acceptors (Lipinski definition) is 8. The third-order valence-electron chi connectivity index (χ3n) is 5.37. The summed E-state index contributed by atoms with van der Waals surface area (Å²) in [4.78, 5) is 35.1. The van der Waals surface area contributed by atoms with E-state index < -0.39 is 0 Å². The van der Waals surface area contributed by atoms with Crippen LogP contribution in [0.15, 0.2) is 34.2 Å². The summed E-state index contributed by atoms with van der Waals surface area (Å²) in [5.41, 5.74) is 1.67. The summed E-state index contributed by atoms with van der Waals surface area (Å²) >= 11 is 2.80. The smallest absolute Gasteiger partial charge is 0.316 e. The summed E-state index contributed by atoms with van der Waals surface area (Å²) in [5.74, 6) is 0.394. The van der Waals surface area contributed by atoms with E-state index in [1.54, 1.807) is 23.0 Å². The van der Waals surface area contributed by atoms with Crippen LogP contribution < -0.4 is 10.3 Å². The van der Waals surface area contributed by atoms with Crippen LogP contribution in [0.25, 0.3) is 15.9 Å². The van der Waals surface area contributed by atoms with E-state index in [2.05, 4.69) is 11.8 Å². The average molecular weight is 474 g/mol. The van der Waals surface area contributed by atoms with Crippen molar-refractivity contribution in [1.29, 1.82) is 0 Å². The van der Waals surface area contributed by atoms with Gasteiger partial charge in [0.05, 0.1) is 30.0 Å². The molecule has 1 aliphatic rings. The molecule has 1 aliphatic heterocycles. The highest BCUT2D eigenvalue weighted by atomic mass is 32.2. The molecule has 0 fully saturated rings. The van der Waals surface area contributed by atoms with Gasteiger partial charge in [0.25, 0.3) is 5.56 Å². The van der Waals surface area contributed by atoms with Crippen LogP contribution in [0.3, 0.4) is 0 Å². The summed E-state index contributed by atoms with van der Waals surface area (Å²) in [6.07, 6.45) is 0.649. The fraction of sp³-hybridized carbons (Fsp3) is 0.435. The fourth-order valence-corrected chi connectivity index (χ4v) is 5.94. The number of fused-ring (bicyclic) bond motifs is 3. The molecule has 0 unspecified atom stereocenters. The average Bonchev–Trinajstić information content (AvgIpc) is 3.14. The topological polar surface area (TPSA) is 73.7 Å². The minimum Gasteiger partial charge on any atom is -0.497 e. The molecule has 170 valence electrons. The zero-order valence-corrected chi connectivity index (χ0v) is 20.3. The number of rotatable bonds is 7. The van der Waals surface area contributed by atoms with E-state index in [0.29, 0.717) is 22.0 Å². The molecule has 0 radical (unpaired) electrons. The van der Waals surface area contributed by atoms with E-state index in [9.17, 15) is 9.59 Å². The van der Waals surface area contributed by atoms with E-state index in [-0.39, 0.29) is 23.4 Å². The number of thioether (sulfide) groups is 1. The van der Waals surface area contributed by atoms with Crippen LogP contribution in [-0.2, 0) is 22.5 Å². The van der Waals surface area contributed by atoms with E-state index >= 15 is 0 Å². The number of methoxy groups -OCH3 is 1. The number of benzene rings is 1. The molecule has 0 atom stereocenters. The molecule has 0 saturated heterocycles. The van der Waals surface area contributed by atoms with Crippen molar-refractivity contribution in [2.24, 2.45) is 0 Å². The number of carbonyl (C=O) groups excluding carboxylic acids is 1. The number of esters is 1. The summed E-state index contributed by atoms with van der Waals surface area (Å²) in [5, 5.41) is 1.17. The molecule has 1 aromatic carbocycles. The third kappa shape index (κ3) is 4.55. The number of ether oxygens (including phenoxy) is 2. The Balaban J connectivity index is 1.84. The van der Waals surface area contributed by atoms with Crippen molar-refractivity contribution in [3.05, 3.63) is 45.1 Å². The Kier molecular flexibility index (Phi) is 6.88. The molecule has 0 N–H and O–H groups in total. The normalized spacial score (nSPS) is 14.0. The Hall–Kier alpha value is -2.36. The minimum atomic E-state index is -0.333. The number of aromatic nitrogens is 2. The van der Waals surface area contributed by atoms with Gasteiger partial charge in [0, 0.05) is 24.0 Å². The van der Waals surface area contributed by atoms with E-state index in [1.807, 2.05) is 38.1 Å². The first-order valence-corrected chi connectivity index (χ1v) is 12.5. The van der Waals surface area contributed by atoms with Crippen molar-refractivity contribution in [3.63, 3.8) is 0 Å². The molecule has 32 heavy (non-hydrogen) atoms. The summed E-state index contributed by atoms with van der Waals surface area (Å²) in [6.45, 7) is 8.54. The lowest BCUT2D eigenvalue weighted by Crippen LogP contribution is -2.30. The van der Waals surface area contributed by atoms with Crippen LogP contribution in [0, 0.1) is 0 Å². The van der Waals surface area contributed by atoms with Crippen LogP contribution in [0.5, 0.6) is 5.75 Å². The first-order chi connectivity index (χ1) is 15.4. The second-order valence-corrected chi connectivity index (χ2v) is 9.89. The Morgan fingerprint density at radius 3 is 2.88 bits per heavy atom. The molecular formula is C23H27N3O4S2. The molecule has 0 bridgehead atoms. The maximum Gasteiger partial charge on any atom is 0.316 e. The molecule has 9 heteroatoms. The van der Waals surface area contributed by atoms with E-state index in [1.165, 1.54) is 16.6 Å². The van der Waals surface area contributed by atoms with Gasteiger partial charge in [-0.3, -0.25) is 19.1 Å². The summed E-state index contributed by atoms with van der Waals surface area (Å²) in [6, 6.07) is 7.34. The second-order valence-electron chi connectivity index (χ2n) is 7.87. The van der Waals surface area contributed by atoms with Gasteiger partial charge in [0.2, 0.25) is 0 Å². The number of carbonyl (C=O) groups is 1. The lowest BCUT2D eigenvalue weighted by Gasteiger charge is -2.25. The van der Waals surface area contributed by atoms with Crippen molar-refractivity contribution in [1.82, 2.24) is 14.5 Å². The Morgan fingerprint density at radius 2 is 2.16 bits per heavy atom. The summed E-state index contributed by atoms with van der Waals surface area (Å²) < 4.78 is 12.2. The third-order valence-corrected chi connectivity index (χ3v) is 7.39. The maximum absolute atomic E-state index is 13.8. The maximum atomic E-state index is 13.8. The van der Waals surface area contributed by atoms with Crippen molar-refractivity contribution >= 4 is 39.3 Å². The molecule has 0 amide bonds. The highest BCUT2D eigenvalue weighted by Crippen LogP contribution is 2.34. The number of nitrogens with zero attached hydrogens (tertiary/aromatic N) is 3. The molecule has 0 saturated carbocycles. The molecular weight excluding hydrogens is 446 g/mol. The van der Waals surface area contributed by atoms with Gasteiger partial charge in [-0.1, -0.05) is 24.8 Å². The largest absolute Gasteiger partial charge is 0.497 e. The van der Waals surface area contributed by atoms with Gasteiger partial charge in [-0.05, 0) is 44.5 Å². The van der Waals surface area contributed by atoms with E-state index in [4.69, 9.17) is 14.5 Å². The monoisotopic (exact) mass is 473 g/mol. The van der Waals surface area contributed by atoms with Crippen molar-refractivity contribution in [3.8, 4) is 11.4 Å². The predicted molar refractivity (Wildman–Crippen MR) is 128 cm³/mol. The predicted octanol–water partition coefficient (Wildman–Crippen LogP) is 3.88. The molecule has 3 aromatic rings. The molecule has 0 spiro atoms. The highest BCUT2D eigenvalue weighted by molar-refractivity contribution is 7.99. The quantitative estimate of drug-likeness (QED) is 0.293. The molecule has 7 nitrogen and oxygen atoms in total. The SMILES string of the molecule is CCN1CCc2c(sc3nc(SCC(=O)OC(C)C)n(-c4cccc(OC)c4)c(=O)c23)C1. The van der Waals surface area contributed by atoms with Crippen LogP contribution >= 0.6 is 23.1 Å². The molecule has 0 aliphatic carbocycles. The first kappa shape index (κ1) is 22.8. The Bertz CT molecular complexity index is 1200. The Morgan fingerprint density at radius 1 is 1.34 bits per heavy atom. The number of thiophene rings is 1. The van der Waals surface area contributed by atoms with Crippen LogP contribution in [0.1, 0.15) is 31.2 Å². The zero-order valence-electron chi connectivity index (χ0n) is 18.7. The zero-order chi connectivity index (χ0) is 22.8. The van der Waals surface area contributed by atoms with Gasteiger partial charge >= 0.3 is 5.97 Å². The number of likely N-dealkylation sites (N-methyl/N-ethyl adjacent to an activating group) is 1. The van der Waals surface area contributed by atoms with Gasteiger partial charge in [0.15, 0.2) is 5.16 Å². The summed E-state index contributed by atoms with van der Waals surface area (Å²) in [7, 11) is 1.59. The van der Waals surface area contributed by atoms with Gasteiger partial charge in [-0.2, -0.15) is 0 Å². The van der Waals surface area contributed by atoms with Crippen LogP contribution in [-0.4, -0.2) is 52.5 Å². The molecule has 4 rings (SSSR count). The molecule has 3 heterocycles. The standard InChI is InChI=1S/C23H27N3O4S2/c1-5-25-10-9-17-18(12-25)32-21-20(17)22(28)26(15-7-6-8-16(11-15)29-4)23(24-21)31-13-19(27)30-14(2)3/h6-8,11,14H,5,9-10,12-13H2,1-4H3. The van der Waals surface area contributed by atoms with Crippen molar-refractivity contribution in [2.75, 3.05) is 26.0 Å². The first-order valence-electron chi connectivity index (χ1n) is 10.7. The minimum absolute atomic E-state index is 0.0782. The van der Waals surface area contributed by atoms with Gasteiger partial charge in [-0.25, -0.2) is 4.98 Å². The Labute approximate surface area is 195 Å². The number of hydrogen-bond donors (Lipinski definition) is 0. The lowest BCUT2D eigenvalue weighted by atomic mass is 10.1. The van der Waals surface area contributed by atoms with E-state index in [0.717, 1.165) is 36.4 Å². The van der Waals surface area contributed by atoms with Crippen molar-refractivity contribution in [2.45, 2.75) is 45.0 Å². The van der Waals surface area contributed by atoms with Crippen LogP contribution in [0.2, 0.25) is 0 Å².